The van der Waals surface area contributed by atoms with Crippen LogP contribution in [-0.4, -0.2) is 40.3 Å². The predicted molar refractivity (Wildman–Crippen MR) is 106 cm³/mol. The predicted octanol–water partition coefficient (Wildman–Crippen LogP) is 2.65. The van der Waals surface area contributed by atoms with Crippen molar-refractivity contribution in [1.29, 1.82) is 0 Å². The van der Waals surface area contributed by atoms with Crippen LogP contribution in [0.2, 0.25) is 0 Å². The number of hydrazine groups is 1. The topological polar surface area (TPSA) is 80.8 Å². The molecule has 0 atom stereocenters. The Morgan fingerprint density at radius 1 is 1.19 bits per heavy atom. The Balaban J connectivity index is 1.79. The van der Waals surface area contributed by atoms with Crippen molar-refractivity contribution in [2.24, 2.45) is 0 Å². The second kappa shape index (κ2) is 8.19. The third-order valence-electron chi connectivity index (χ3n) is 3.65. The molecule has 0 saturated carbocycles. The zero-order valence-electron chi connectivity index (χ0n) is 14.5. The fraction of sp³-hybridized carbons (Fsp3) is 0.111. The van der Waals surface area contributed by atoms with Crippen LogP contribution >= 0.6 is 24.0 Å². The summed E-state index contributed by atoms with van der Waals surface area (Å²) < 4.78 is 10.7. The van der Waals surface area contributed by atoms with Gasteiger partial charge in [0.15, 0.2) is 15.8 Å². The molecule has 0 spiro atoms. The molecular weight excluding hydrogens is 386 g/mol. The third kappa shape index (κ3) is 4.09. The van der Waals surface area contributed by atoms with Crippen molar-refractivity contribution in [3.8, 4) is 11.5 Å². The lowest BCUT2D eigenvalue weighted by Gasteiger charge is -2.15. The van der Waals surface area contributed by atoms with Crippen LogP contribution in [-0.2, 0) is 4.79 Å². The summed E-state index contributed by atoms with van der Waals surface area (Å²) in [5.41, 5.74) is 3.64. The molecule has 2 heterocycles. The first-order valence-electron chi connectivity index (χ1n) is 7.74. The smallest absolute Gasteiger partial charge is 0.285 e. The maximum atomic E-state index is 12.6. The molecule has 1 aliphatic heterocycles. The Morgan fingerprint density at radius 2 is 1.89 bits per heavy atom. The van der Waals surface area contributed by atoms with Crippen molar-refractivity contribution in [2.45, 2.75) is 0 Å². The van der Waals surface area contributed by atoms with Gasteiger partial charge in [-0.25, -0.2) is 0 Å². The highest BCUT2D eigenvalue weighted by atomic mass is 32.2. The van der Waals surface area contributed by atoms with Crippen LogP contribution < -0.4 is 14.9 Å². The van der Waals surface area contributed by atoms with Crippen molar-refractivity contribution in [3.63, 3.8) is 0 Å². The number of thioether (sulfide) groups is 1. The number of hydrogen-bond donors (Lipinski definition) is 1. The molecule has 9 heteroatoms. The van der Waals surface area contributed by atoms with Gasteiger partial charge in [0, 0.05) is 18.0 Å². The summed E-state index contributed by atoms with van der Waals surface area (Å²) in [6.07, 6.45) is 4.67. The minimum Gasteiger partial charge on any atom is -0.493 e. The van der Waals surface area contributed by atoms with Crippen LogP contribution in [0.4, 0.5) is 0 Å². The van der Waals surface area contributed by atoms with E-state index in [0.717, 1.165) is 22.3 Å². The van der Waals surface area contributed by atoms with Crippen LogP contribution in [0, 0.1) is 0 Å². The number of benzene rings is 1. The first kappa shape index (κ1) is 18.9. The standard InChI is InChI=1S/C18H15N3O4S2/c1-24-13-4-3-11(9-14(13)25-2)10-15-17(23)21(18(26)27-15)20-16(22)12-5-7-19-8-6-12/h3-10H,1-2H3,(H,20,22)/b15-10+. The number of nitrogens with zero attached hydrogens (tertiary/aromatic N) is 2. The lowest BCUT2D eigenvalue weighted by atomic mass is 10.2. The SMILES string of the molecule is COc1ccc(/C=C2/SC(=S)N(NC(=O)c3ccncc3)C2=O)cc1OC. The van der Waals surface area contributed by atoms with E-state index in [2.05, 4.69) is 10.4 Å². The molecule has 7 nitrogen and oxygen atoms in total. The van der Waals surface area contributed by atoms with E-state index in [1.165, 1.54) is 19.5 Å². The minimum absolute atomic E-state index is 0.245. The van der Waals surface area contributed by atoms with Gasteiger partial charge < -0.3 is 9.47 Å². The zero-order chi connectivity index (χ0) is 19.4. The van der Waals surface area contributed by atoms with E-state index in [4.69, 9.17) is 21.7 Å². The molecule has 27 heavy (non-hydrogen) atoms. The average molecular weight is 401 g/mol. The molecule has 1 N–H and O–H groups in total. The second-order valence-corrected chi connectivity index (χ2v) is 6.98. The van der Waals surface area contributed by atoms with E-state index in [0.29, 0.717) is 22.0 Å². The van der Waals surface area contributed by atoms with Crippen LogP contribution in [0.1, 0.15) is 15.9 Å². The van der Waals surface area contributed by atoms with E-state index < -0.39 is 11.8 Å². The van der Waals surface area contributed by atoms with Gasteiger partial charge in [0.05, 0.1) is 19.1 Å². The zero-order valence-corrected chi connectivity index (χ0v) is 16.1. The third-order valence-corrected chi connectivity index (χ3v) is 4.96. The molecule has 2 aromatic rings. The van der Waals surface area contributed by atoms with Crippen molar-refractivity contribution in [3.05, 3.63) is 58.8 Å². The van der Waals surface area contributed by atoms with E-state index in [1.54, 1.807) is 43.5 Å². The molecule has 138 valence electrons. The van der Waals surface area contributed by atoms with Gasteiger partial charge in [-0.3, -0.25) is 20.0 Å². The number of hydrogen-bond acceptors (Lipinski definition) is 7. The molecule has 0 bridgehead atoms. The normalized spacial score (nSPS) is 15.2. The summed E-state index contributed by atoms with van der Waals surface area (Å²) in [5, 5.41) is 1.06. The van der Waals surface area contributed by atoms with Crippen LogP contribution in [0.25, 0.3) is 6.08 Å². The lowest BCUT2D eigenvalue weighted by Crippen LogP contribution is -2.44. The number of rotatable bonds is 5. The fourth-order valence-electron chi connectivity index (χ4n) is 2.33. The molecule has 0 radical (unpaired) electrons. The van der Waals surface area contributed by atoms with E-state index in [-0.39, 0.29) is 4.32 Å². The number of pyridine rings is 1. The van der Waals surface area contributed by atoms with Gasteiger partial charge in [-0.2, -0.15) is 5.01 Å². The van der Waals surface area contributed by atoms with Crippen LogP contribution in [0.3, 0.4) is 0 Å². The highest BCUT2D eigenvalue weighted by Gasteiger charge is 2.33. The molecular formula is C18H15N3O4S2. The monoisotopic (exact) mass is 401 g/mol. The molecule has 1 aromatic heterocycles. The lowest BCUT2D eigenvalue weighted by molar-refractivity contribution is -0.123. The summed E-state index contributed by atoms with van der Waals surface area (Å²) in [5.74, 6) is 0.294. The first-order valence-corrected chi connectivity index (χ1v) is 8.97. The van der Waals surface area contributed by atoms with Crippen LogP contribution in [0.15, 0.2) is 47.6 Å². The summed E-state index contributed by atoms with van der Waals surface area (Å²) in [7, 11) is 3.09. The quantitative estimate of drug-likeness (QED) is 0.609. The molecule has 2 amide bonds. The highest BCUT2D eigenvalue weighted by Crippen LogP contribution is 2.34. The molecule has 0 aliphatic carbocycles. The maximum absolute atomic E-state index is 12.6. The Bertz CT molecular complexity index is 931. The molecule has 1 aromatic carbocycles. The van der Waals surface area contributed by atoms with Crippen molar-refractivity contribution in [2.75, 3.05) is 14.2 Å². The van der Waals surface area contributed by atoms with Gasteiger partial charge in [-0.1, -0.05) is 17.8 Å². The number of carbonyl (C=O) groups is 2. The summed E-state index contributed by atoms with van der Waals surface area (Å²) >= 11 is 6.33. The van der Waals surface area contributed by atoms with Gasteiger partial charge >= 0.3 is 0 Å². The maximum Gasteiger partial charge on any atom is 0.285 e. The fourth-order valence-corrected chi connectivity index (χ4v) is 3.51. The Labute approximate surface area is 165 Å². The van der Waals surface area contributed by atoms with Crippen LogP contribution in [0.5, 0.6) is 11.5 Å². The van der Waals surface area contributed by atoms with Gasteiger partial charge in [0.2, 0.25) is 0 Å². The van der Waals surface area contributed by atoms with Gasteiger partial charge in [0.25, 0.3) is 11.8 Å². The Hall–Kier alpha value is -2.91. The number of ether oxygens (including phenoxy) is 2. The van der Waals surface area contributed by atoms with E-state index in [1.807, 2.05) is 0 Å². The van der Waals surface area contributed by atoms with Gasteiger partial charge in [-0.15, -0.1) is 0 Å². The van der Waals surface area contributed by atoms with Crippen molar-refractivity contribution in [1.82, 2.24) is 15.4 Å². The summed E-state index contributed by atoms with van der Waals surface area (Å²) in [6.45, 7) is 0. The number of amides is 2. The van der Waals surface area contributed by atoms with Gasteiger partial charge in [-0.05, 0) is 48.1 Å². The number of carbonyl (C=O) groups excluding carboxylic acids is 2. The Morgan fingerprint density at radius 3 is 2.56 bits per heavy atom. The largest absolute Gasteiger partial charge is 0.493 e. The summed E-state index contributed by atoms with van der Waals surface area (Å²) in [4.78, 5) is 29.1. The van der Waals surface area contributed by atoms with Crippen molar-refractivity contribution >= 4 is 46.2 Å². The minimum atomic E-state index is -0.443. The number of aromatic nitrogens is 1. The summed E-state index contributed by atoms with van der Waals surface area (Å²) in [6, 6.07) is 8.39. The van der Waals surface area contributed by atoms with Crippen molar-refractivity contribution < 1.29 is 19.1 Å². The number of nitrogens with one attached hydrogen (secondary N) is 1. The highest BCUT2D eigenvalue weighted by molar-refractivity contribution is 8.26. The van der Waals surface area contributed by atoms with E-state index >= 15 is 0 Å². The van der Waals surface area contributed by atoms with Gasteiger partial charge in [0.1, 0.15) is 0 Å². The second-order valence-electron chi connectivity index (χ2n) is 5.31. The molecule has 1 fully saturated rings. The average Bonchev–Trinajstić information content (AvgIpc) is 2.95. The molecule has 1 aliphatic rings. The number of methoxy groups -OCH3 is 2. The molecule has 1 saturated heterocycles. The number of thiocarbonyl (C=S) groups is 1. The molecule has 0 unspecified atom stereocenters. The van der Waals surface area contributed by atoms with E-state index in [9.17, 15) is 9.59 Å². The Kier molecular flexibility index (Phi) is 5.72. The first-order chi connectivity index (χ1) is 13.0. The molecule has 3 rings (SSSR count).